The van der Waals surface area contributed by atoms with Crippen molar-refractivity contribution in [1.29, 1.82) is 0 Å². The summed E-state index contributed by atoms with van der Waals surface area (Å²) >= 11 is 0. The Bertz CT molecular complexity index is 404. The van der Waals surface area contributed by atoms with Crippen LogP contribution in [0.15, 0.2) is 30.3 Å². The Kier molecular flexibility index (Phi) is 4.97. The van der Waals surface area contributed by atoms with Crippen LogP contribution in [-0.4, -0.2) is 29.1 Å². The van der Waals surface area contributed by atoms with Crippen molar-refractivity contribution in [3.63, 3.8) is 0 Å². The van der Waals surface area contributed by atoms with Crippen LogP contribution in [0.1, 0.15) is 31.7 Å². The first-order chi connectivity index (χ1) is 9.15. The molecule has 1 aliphatic rings. The summed E-state index contributed by atoms with van der Waals surface area (Å²) in [7, 11) is 0. The smallest absolute Gasteiger partial charge is 0.303 e. The summed E-state index contributed by atoms with van der Waals surface area (Å²) in [5, 5.41) is 8.90. The zero-order valence-corrected chi connectivity index (χ0v) is 11.6. The number of carboxylic acid groups (broad SMARTS) is 1. The normalized spacial score (nSPS) is 22.1. The predicted octanol–water partition coefficient (Wildman–Crippen LogP) is 3.01. The highest BCUT2D eigenvalue weighted by Gasteiger charge is 2.25. The van der Waals surface area contributed by atoms with E-state index in [1.807, 2.05) is 6.07 Å². The van der Waals surface area contributed by atoms with E-state index in [0.29, 0.717) is 12.3 Å². The Hall–Kier alpha value is -1.35. The van der Waals surface area contributed by atoms with Gasteiger partial charge < -0.3 is 5.11 Å². The lowest BCUT2D eigenvalue weighted by atomic mass is 9.84. The standard InChI is InChI=1S/C16H23NO2/c1-13(10-16(18)19)15-8-5-9-17(12-15)11-14-6-3-2-4-7-14/h2-4,6-7,13,15H,5,8-12H2,1H3,(H,18,19). The molecule has 1 N–H and O–H groups in total. The van der Waals surface area contributed by atoms with Gasteiger partial charge in [-0.3, -0.25) is 9.69 Å². The monoisotopic (exact) mass is 261 g/mol. The number of carboxylic acids is 1. The zero-order chi connectivity index (χ0) is 13.7. The second kappa shape index (κ2) is 6.71. The maximum atomic E-state index is 10.8. The van der Waals surface area contributed by atoms with Crippen LogP contribution in [-0.2, 0) is 11.3 Å². The minimum atomic E-state index is -0.673. The van der Waals surface area contributed by atoms with E-state index in [1.165, 1.54) is 18.4 Å². The van der Waals surface area contributed by atoms with Gasteiger partial charge in [0.25, 0.3) is 0 Å². The van der Waals surface area contributed by atoms with Gasteiger partial charge in [0.15, 0.2) is 0 Å². The number of nitrogens with zero attached hydrogens (tertiary/aromatic N) is 1. The topological polar surface area (TPSA) is 40.5 Å². The van der Waals surface area contributed by atoms with Crippen LogP contribution in [0.25, 0.3) is 0 Å². The van der Waals surface area contributed by atoms with E-state index in [-0.39, 0.29) is 5.92 Å². The summed E-state index contributed by atoms with van der Waals surface area (Å²) < 4.78 is 0. The van der Waals surface area contributed by atoms with Crippen LogP contribution >= 0.6 is 0 Å². The van der Waals surface area contributed by atoms with Crippen LogP contribution in [0, 0.1) is 11.8 Å². The van der Waals surface area contributed by atoms with Crippen molar-refractivity contribution in [3.8, 4) is 0 Å². The minimum absolute atomic E-state index is 0.274. The average Bonchev–Trinajstić information content (AvgIpc) is 2.39. The summed E-state index contributed by atoms with van der Waals surface area (Å²) in [6.07, 6.45) is 2.64. The van der Waals surface area contributed by atoms with Crippen molar-refractivity contribution in [2.45, 2.75) is 32.7 Å². The molecule has 1 aromatic rings. The second-order valence-corrected chi connectivity index (χ2v) is 5.70. The Balaban J connectivity index is 1.88. The molecule has 19 heavy (non-hydrogen) atoms. The van der Waals surface area contributed by atoms with Gasteiger partial charge in [-0.25, -0.2) is 0 Å². The van der Waals surface area contributed by atoms with Gasteiger partial charge in [0.1, 0.15) is 0 Å². The Morgan fingerprint density at radius 1 is 1.42 bits per heavy atom. The van der Waals surface area contributed by atoms with Crippen molar-refractivity contribution >= 4 is 5.97 Å². The van der Waals surface area contributed by atoms with Gasteiger partial charge >= 0.3 is 5.97 Å². The molecule has 0 radical (unpaired) electrons. The molecule has 0 spiro atoms. The number of piperidine rings is 1. The van der Waals surface area contributed by atoms with E-state index in [9.17, 15) is 4.79 Å². The Labute approximate surface area is 115 Å². The molecule has 3 heteroatoms. The van der Waals surface area contributed by atoms with Crippen LogP contribution in [0.3, 0.4) is 0 Å². The molecule has 104 valence electrons. The first kappa shape index (κ1) is 14.1. The van der Waals surface area contributed by atoms with Crippen molar-refractivity contribution < 1.29 is 9.90 Å². The number of aliphatic carboxylic acids is 1. The van der Waals surface area contributed by atoms with Crippen molar-refractivity contribution in [2.24, 2.45) is 11.8 Å². The minimum Gasteiger partial charge on any atom is -0.481 e. The highest BCUT2D eigenvalue weighted by molar-refractivity contribution is 5.67. The fourth-order valence-corrected chi connectivity index (χ4v) is 2.98. The summed E-state index contributed by atoms with van der Waals surface area (Å²) in [5.41, 5.74) is 1.34. The molecule has 1 saturated heterocycles. The van der Waals surface area contributed by atoms with Gasteiger partial charge in [-0.15, -0.1) is 0 Å². The summed E-state index contributed by atoms with van der Waals surface area (Å²) in [4.78, 5) is 13.3. The van der Waals surface area contributed by atoms with Crippen LogP contribution in [0.2, 0.25) is 0 Å². The van der Waals surface area contributed by atoms with Crippen LogP contribution < -0.4 is 0 Å². The predicted molar refractivity (Wildman–Crippen MR) is 75.9 cm³/mol. The molecule has 1 fully saturated rings. The molecule has 0 aliphatic carbocycles. The molecule has 2 rings (SSSR count). The lowest BCUT2D eigenvalue weighted by Gasteiger charge is -2.35. The van der Waals surface area contributed by atoms with E-state index in [1.54, 1.807) is 0 Å². The van der Waals surface area contributed by atoms with E-state index in [2.05, 4.69) is 36.1 Å². The number of benzene rings is 1. The lowest BCUT2D eigenvalue weighted by Crippen LogP contribution is -2.37. The van der Waals surface area contributed by atoms with Gasteiger partial charge in [-0.1, -0.05) is 37.3 Å². The lowest BCUT2D eigenvalue weighted by molar-refractivity contribution is -0.138. The van der Waals surface area contributed by atoms with E-state index in [0.717, 1.165) is 19.6 Å². The highest BCUT2D eigenvalue weighted by Crippen LogP contribution is 2.26. The molecule has 2 unspecified atom stereocenters. The molecule has 0 bridgehead atoms. The summed E-state index contributed by atoms with van der Waals surface area (Å²) in [6, 6.07) is 10.5. The van der Waals surface area contributed by atoms with Gasteiger partial charge in [0.2, 0.25) is 0 Å². The number of hydrogen-bond donors (Lipinski definition) is 1. The summed E-state index contributed by atoms with van der Waals surface area (Å²) in [6.45, 7) is 5.22. The average molecular weight is 261 g/mol. The van der Waals surface area contributed by atoms with Gasteiger partial charge in [-0.05, 0) is 36.8 Å². The molecule has 0 saturated carbocycles. The first-order valence-electron chi connectivity index (χ1n) is 7.13. The maximum absolute atomic E-state index is 10.8. The van der Waals surface area contributed by atoms with E-state index < -0.39 is 5.97 Å². The highest BCUT2D eigenvalue weighted by atomic mass is 16.4. The number of rotatable bonds is 5. The largest absolute Gasteiger partial charge is 0.481 e. The van der Waals surface area contributed by atoms with E-state index in [4.69, 9.17) is 5.11 Å². The Morgan fingerprint density at radius 3 is 2.84 bits per heavy atom. The third kappa shape index (κ3) is 4.35. The van der Waals surface area contributed by atoms with Gasteiger partial charge in [0.05, 0.1) is 0 Å². The number of likely N-dealkylation sites (tertiary alicyclic amines) is 1. The maximum Gasteiger partial charge on any atom is 0.303 e. The van der Waals surface area contributed by atoms with Crippen molar-refractivity contribution in [1.82, 2.24) is 4.90 Å². The Morgan fingerprint density at radius 2 is 2.16 bits per heavy atom. The zero-order valence-electron chi connectivity index (χ0n) is 11.6. The van der Waals surface area contributed by atoms with Crippen LogP contribution in [0.4, 0.5) is 0 Å². The fourth-order valence-electron chi connectivity index (χ4n) is 2.98. The molecule has 3 nitrogen and oxygen atoms in total. The molecule has 0 amide bonds. The fraction of sp³-hybridized carbons (Fsp3) is 0.562. The molecular formula is C16H23NO2. The van der Waals surface area contributed by atoms with Gasteiger partial charge in [0, 0.05) is 19.5 Å². The number of carbonyl (C=O) groups is 1. The first-order valence-corrected chi connectivity index (χ1v) is 7.13. The molecule has 0 aromatic heterocycles. The molecule has 1 aromatic carbocycles. The number of hydrogen-bond acceptors (Lipinski definition) is 2. The van der Waals surface area contributed by atoms with Crippen molar-refractivity contribution in [3.05, 3.63) is 35.9 Å². The van der Waals surface area contributed by atoms with E-state index >= 15 is 0 Å². The third-order valence-electron chi connectivity index (χ3n) is 4.09. The molecule has 1 heterocycles. The molecular weight excluding hydrogens is 238 g/mol. The van der Waals surface area contributed by atoms with Gasteiger partial charge in [-0.2, -0.15) is 0 Å². The quantitative estimate of drug-likeness (QED) is 0.885. The third-order valence-corrected chi connectivity index (χ3v) is 4.09. The second-order valence-electron chi connectivity index (χ2n) is 5.70. The molecule has 1 aliphatic heterocycles. The SMILES string of the molecule is CC(CC(=O)O)C1CCCN(Cc2ccccc2)C1. The molecule has 2 atom stereocenters. The summed E-state index contributed by atoms with van der Waals surface area (Å²) in [5.74, 6) is 0.123. The van der Waals surface area contributed by atoms with Crippen LogP contribution in [0.5, 0.6) is 0 Å². The van der Waals surface area contributed by atoms with Crippen molar-refractivity contribution in [2.75, 3.05) is 13.1 Å².